The van der Waals surface area contributed by atoms with Gasteiger partial charge >= 0.3 is 0 Å². The molecular weight excluding hydrogens is 166 g/mol. The van der Waals surface area contributed by atoms with Gasteiger partial charge in [0.2, 0.25) is 0 Å². The predicted octanol–water partition coefficient (Wildman–Crippen LogP) is 1.09. The van der Waals surface area contributed by atoms with Crippen LogP contribution in [-0.4, -0.2) is 44.5 Å². The third kappa shape index (κ3) is 2.93. The molecule has 0 saturated carbocycles. The van der Waals surface area contributed by atoms with E-state index in [1.54, 1.807) is 0 Å². The maximum atomic E-state index is 4.72. The number of rotatable bonds is 0. The third-order valence-corrected chi connectivity index (χ3v) is 3.10. The maximum Gasteiger partial charge on any atom is 0.146 e. The molecule has 0 N–H and O–H groups in total. The highest BCUT2D eigenvalue weighted by Gasteiger charge is 2.24. The summed E-state index contributed by atoms with van der Waals surface area (Å²) >= 11 is 0. The zero-order valence-corrected chi connectivity index (χ0v) is 8.21. The minimum Gasteiger partial charge on any atom is -0.353 e. The molecule has 3 nitrogen and oxygen atoms in total. The van der Waals surface area contributed by atoms with E-state index < -0.39 is 0 Å². The van der Waals surface area contributed by atoms with Crippen LogP contribution in [0.15, 0.2) is 0 Å². The zero-order chi connectivity index (χ0) is 8.93. The Morgan fingerprint density at radius 1 is 0.846 bits per heavy atom. The highest BCUT2D eigenvalue weighted by atomic mass is 16.7. The number of piperidine rings is 3. The summed E-state index contributed by atoms with van der Waals surface area (Å²) in [7, 11) is 0. The van der Waals surface area contributed by atoms with E-state index in [4.69, 9.17) is 9.47 Å². The van der Waals surface area contributed by atoms with Gasteiger partial charge in [-0.1, -0.05) is 0 Å². The number of fused-ring (bicyclic) bond motifs is 3. The van der Waals surface area contributed by atoms with E-state index in [1.807, 2.05) is 0 Å². The van der Waals surface area contributed by atoms with Gasteiger partial charge in [-0.05, 0) is 44.8 Å². The fourth-order valence-electron chi connectivity index (χ4n) is 2.16. The summed E-state index contributed by atoms with van der Waals surface area (Å²) < 4.78 is 9.44. The Kier molecular flexibility index (Phi) is 3.58. The lowest BCUT2D eigenvalue weighted by Gasteiger charge is -2.38. The smallest absolute Gasteiger partial charge is 0.146 e. The van der Waals surface area contributed by atoms with Crippen LogP contribution in [0.2, 0.25) is 0 Å². The minimum absolute atomic E-state index is 0.500. The second kappa shape index (κ2) is 4.94. The van der Waals surface area contributed by atoms with Crippen LogP contribution < -0.4 is 0 Å². The minimum atomic E-state index is 0.500. The van der Waals surface area contributed by atoms with Crippen molar-refractivity contribution in [2.24, 2.45) is 5.92 Å². The first-order valence-electron chi connectivity index (χ1n) is 5.33. The van der Waals surface area contributed by atoms with Gasteiger partial charge in [0.1, 0.15) is 6.79 Å². The molecule has 0 spiro atoms. The van der Waals surface area contributed by atoms with Gasteiger partial charge in [-0.3, -0.25) is 0 Å². The molecule has 76 valence electrons. The summed E-state index contributed by atoms with van der Waals surface area (Å²) in [6.07, 6.45) is 4.46. The van der Waals surface area contributed by atoms with Gasteiger partial charge in [-0.2, -0.15) is 0 Å². The normalized spacial score (nSPS) is 36.9. The van der Waals surface area contributed by atoms with Gasteiger partial charge in [-0.15, -0.1) is 0 Å². The van der Waals surface area contributed by atoms with Crippen molar-refractivity contribution in [1.82, 2.24) is 4.90 Å². The lowest BCUT2D eigenvalue weighted by atomic mass is 9.89. The summed E-state index contributed by atoms with van der Waals surface area (Å²) in [5.41, 5.74) is 0. The summed E-state index contributed by atoms with van der Waals surface area (Å²) in [4.78, 5) is 2.58. The molecule has 0 amide bonds. The summed E-state index contributed by atoms with van der Waals surface area (Å²) in [6, 6.07) is 0. The quantitative estimate of drug-likeness (QED) is 0.564. The SMILES string of the molecule is C1CN2CCC1CC2.C1COCO1. The largest absolute Gasteiger partial charge is 0.353 e. The molecule has 0 aromatic heterocycles. The standard InChI is InChI=1S/C7H13N.C3H6O2/c1-4-8-5-2-7(1)3-6-8;1-2-5-3-4-1/h7H,1-6H2;1-3H2. The molecular formula is C10H19NO2. The molecule has 2 bridgehead atoms. The Morgan fingerprint density at radius 2 is 1.38 bits per heavy atom. The van der Waals surface area contributed by atoms with Crippen molar-refractivity contribution in [3.8, 4) is 0 Å². The second-order valence-electron chi connectivity index (χ2n) is 4.01. The van der Waals surface area contributed by atoms with Gasteiger partial charge in [-0.25, -0.2) is 0 Å². The van der Waals surface area contributed by atoms with Crippen molar-refractivity contribution in [3.63, 3.8) is 0 Å². The van der Waals surface area contributed by atoms with Gasteiger partial charge in [0.05, 0.1) is 13.2 Å². The van der Waals surface area contributed by atoms with E-state index in [-0.39, 0.29) is 0 Å². The predicted molar refractivity (Wildman–Crippen MR) is 50.6 cm³/mol. The Balaban J connectivity index is 0.000000113. The van der Waals surface area contributed by atoms with Crippen molar-refractivity contribution in [1.29, 1.82) is 0 Å². The highest BCUT2D eigenvalue weighted by molar-refractivity contribution is 4.78. The van der Waals surface area contributed by atoms with Crippen LogP contribution in [-0.2, 0) is 9.47 Å². The molecule has 3 heteroatoms. The summed E-state index contributed by atoms with van der Waals surface area (Å²) in [6.45, 7) is 6.24. The molecule has 0 aliphatic carbocycles. The Morgan fingerprint density at radius 3 is 1.54 bits per heavy atom. The first-order valence-corrected chi connectivity index (χ1v) is 5.33. The monoisotopic (exact) mass is 185 g/mol. The van der Waals surface area contributed by atoms with Crippen molar-refractivity contribution in [2.75, 3.05) is 39.6 Å². The van der Waals surface area contributed by atoms with Crippen molar-refractivity contribution < 1.29 is 9.47 Å². The molecule has 13 heavy (non-hydrogen) atoms. The van der Waals surface area contributed by atoms with Crippen LogP contribution in [0.4, 0.5) is 0 Å². The van der Waals surface area contributed by atoms with Crippen LogP contribution >= 0.6 is 0 Å². The van der Waals surface area contributed by atoms with E-state index in [0.29, 0.717) is 6.79 Å². The third-order valence-electron chi connectivity index (χ3n) is 3.10. The Labute approximate surface area is 80.0 Å². The molecule has 4 heterocycles. The zero-order valence-electron chi connectivity index (χ0n) is 8.21. The second-order valence-corrected chi connectivity index (χ2v) is 4.01. The first-order chi connectivity index (χ1) is 6.45. The molecule has 0 radical (unpaired) electrons. The van der Waals surface area contributed by atoms with Crippen LogP contribution in [0.1, 0.15) is 19.3 Å². The van der Waals surface area contributed by atoms with Crippen molar-refractivity contribution >= 4 is 0 Å². The molecule has 0 aromatic rings. The van der Waals surface area contributed by atoms with Gasteiger partial charge in [0, 0.05) is 0 Å². The Hall–Kier alpha value is -0.120. The van der Waals surface area contributed by atoms with Crippen molar-refractivity contribution in [2.45, 2.75) is 19.3 Å². The average molecular weight is 185 g/mol. The number of hydrogen-bond acceptors (Lipinski definition) is 3. The molecule has 4 rings (SSSR count). The molecule has 4 aliphatic rings. The molecule has 4 fully saturated rings. The number of ether oxygens (including phenoxy) is 2. The summed E-state index contributed by atoms with van der Waals surface area (Å²) in [5, 5.41) is 0. The molecule has 0 aromatic carbocycles. The van der Waals surface area contributed by atoms with E-state index in [0.717, 1.165) is 19.1 Å². The van der Waals surface area contributed by atoms with Crippen LogP contribution in [0, 0.1) is 5.92 Å². The van der Waals surface area contributed by atoms with E-state index >= 15 is 0 Å². The molecule has 4 aliphatic heterocycles. The van der Waals surface area contributed by atoms with Crippen molar-refractivity contribution in [3.05, 3.63) is 0 Å². The summed E-state index contributed by atoms with van der Waals surface area (Å²) in [5.74, 6) is 1.11. The van der Waals surface area contributed by atoms with E-state index in [1.165, 1.54) is 38.9 Å². The topological polar surface area (TPSA) is 21.7 Å². The van der Waals surface area contributed by atoms with Crippen LogP contribution in [0.5, 0.6) is 0 Å². The van der Waals surface area contributed by atoms with Crippen LogP contribution in [0.25, 0.3) is 0 Å². The maximum absolute atomic E-state index is 4.72. The number of hydrogen-bond donors (Lipinski definition) is 0. The lowest BCUT2D eigenvalue weighted by Crippen LogP contribution is -2.41. The Bertz CT molecular complexity index is 109. The van der Waals surface area contributed by atoms with Gasteiger partial charge in [0.25, 0.3) is 0 Å². The van der Waals surface area contributed by atoms with Gasteiger partial charge in [0.15, 0.2) is 0 Å². The molecule has 0 atom stereocenters. The fraction of sp³-hybridized carbons (Fsp3) is 1.00. The van der Waals surface area contributed by atoms with E-state index in [9.17, 15) is 0 Å². The average Bonchev–Trinajstić information content (AvgIpc) is 2.79. The lowest BCUT2D eigenvalue weighted by molar-refractivity contribution is 0.0692. The van der Waals surface area contributed by atoms with Gasteiger partial charge < -0.3 is 14.4 Å². The fourth-order valence-corrected chi connectivity index (χ4v) is 2.16. The first kappa shape index (κ1) is 9.44. The molecule has 4 saturated heterocycles. The highest BCUT2D eigenvalue weighted by Crippen LogP contribution is 2.26. The number of nitrogens with zero attached hydrogens (tertiary/aromatic N) is 1. The molecule has 0 unspecified atom stereocenters. The van der Waals surface area contributed by atoms with Crippen LogP contribution in [0.3, 0.4) is 0 Å². The van der Waals surface area contributed by atoms with E-state index in [2.05, 4.69) is 4.90 Å².